The van der Waals surface area contributed by atoms with Crippen LogP contribution in [0.25, 0.3) is 0 Å². The van der Waals surface area contributed by atoms with Gasteiger partial charge in [-0.1, -0.05) is 13.8 Å². The predicted octanol–water partition coefficient (Wildman–Crippen LogP) is -0.675. The molecule has 0 fully saturated rings. The molecule has 0 aliphatic rings. The number of hydrogen-bond donors (Lipinski definition) is 4. The van der Waals surface area contributed by atoms with Crippen LogP contribution in [0.3, 0.4) is 0 Å². The molecule has 6 N–H and O–H groups in total. The molecule has 82 valence electrons. The Balaban J connectivity index is 0. The van der Waals surface area contributed by atoms with Gasteiger partial charge in [0.05, 0.1) is 0 Å². The second-order valence-electron chi connectivity index (χ2n) is 2.40. The number of nitrogens with zero attached hydrogens (tertiary/aromatic N) is 1. The third-order valence-corrected chi connectivity index (χ3v) is 1.34. The van der Waals surface area contributed by atoms with E-state index in [1.165, 1.54) is 0 Å². The molecular formula is C6H20N3O3P. The van der Waals surface area contributed by atoms with Gasteiger partial charge in [-0.25, -0.2) is 10.1 Å². The van der Waals surface area contributed by atoms with Crippen LogP contribution in [0, 0.1) is 0 Å². The maximum absolute atomic E-state index is 9.10. The SMILES string of the molecule is CCN(CC)CCN.NP(=O)(O)O. The molecule has 0 aromatic heterocycles. The molecule has 0 unspecified atom stereocenters. The molecule has 0 aliphatic carbocycles. The van der Waals surface area contributed by atoms with E-state index in [9.17, 15) is 0 Å². The van der Waals surface area contributed by atoms with Crippen molar-refractivity contribution in [2.45, 2.75) is 13.8 Å². The minimum Gasteiger partial charge on any atom is -0.329 e. The van der Waals surface area contributed by atoms with Gasteiger partial charge in [0.2, 0.25) is 0 Å². The maximum atomic E-state index is 9.10. The second-order valence-corrected chi connectivity index (χ2v) is 3.58. The Morgan fingerprint density at radius 3 is 1.69 bits per heavy atom. The highest BCUT2D eigenvalue weighted by Crippen LogP contribution is 2.20. The average Bonchev–Trinajstić information content (AvgIpc) is 1.97. The number of likely N-dealkylation sites (N-methyl/N-ethyl adjacent to an activating group) is 1. The van der Waals surface area contributed by atoms with E-state index < -0.39 is 7.75 Å². The van der Waals surface area contributed by atoms with Crippen molar-refractivity contribution in [2.75, 3.05) is 26.2 Å². The Morgan fingerprint density at radius 1 is 1.31 bits per heavy atom. The third-order valence-electron chi connectivity index (χ3n) is 1.34. The molecular weight excluding hydrogens is 193 g/mol. The molecule has 0 rings (SSSR count). The van der Waals surface area contributed by atoms with Gasteiger partial charge in [-0.15, -0.1) is 0 Å². The van der Waals surface area contributed by atoms with Gasteiger partial charge < -0.3 is 20.4 Å². The second kappa shape index (κ2) is 8.62. The highest BCUT2D eigenvalue weighted by atomic mass is 31.2. The minimum absolute atomic E-state index is 0.779. The summed E-state index contributed by atoms with van der Waals surface area (Å²) in [6, 6.07) is 0. The first-order valence-corrected chi connectivity index (χ1v) is 5.79. The molecule has 0 spiro atoms. The molecule has 13 heavy (non-hydrogen) atoms. The number of hydrogen-bond acceptors (Lipinski definition) is 3. The van der Waals surface area contributed by atoms with E-state index in [1.54, 1.807) is 0 Å². The highest BCUT2D eigenvalue weighted by Gasteiger charge is 1.96. The largest absolute Gasteiger partial charge is 0.397 e. The summed E-state index contributed by atoms with van der Waals surface area (Å²) in [6.45, 7) is 8.36. The molecule has 0 atom stereocenters. The first-order valence-electron chi connectivity index (χ1n) is 4.11. The van der Waals surface area contributed by atoms with Crippen LogP contribution in [0.2, 0.25) is 0 Å². The Morgan fingerprint density at radius 2 is 1.62 bits per heavy atom. The molecule has 0 aromatic rings. The maximum Gasteiger partial charge on any atom is 0.397 e. The van der Waals surface area contributed by atoms with Crippen molar-refractivity contribution in [1.29, 1.82) is 0 Å². The van der Waals surface area contributed by atoms with Gasteiger partial charge in [0.15, 0.2) is 0 Å². The molecule has 0 heterocycles. The van der Waals surface area contributed by atoms with Crippen LogP contribution in [0.4, 0.5) is 0 Å². The number of nitrogens with two attached hydrogens (primary N) is 2. The van der Waals surface area contributed by atoms with Crippen LogP contribution < -0.4 is 11.2 Å². The quantitative estimate of drug-likeness (QED) is 0.460. The van der Waals surface area contributed by atoms with Crippen LogP contribution in [0.15, 0.2) is 0 Å². The fourth-order valence-electron chi connectivity index (χ4n) is 0.722. The van der Waals surface area contributed by atoms with Crippen molar-refractivity contribution in [3.63, 3.8) is 0 Å². The van der Waals surface area contributed by atoms with E-state index in [-0.39, 0.29) is 0 Å². The van der Waals surface area contributed by atoms with E-state index in [4.69, 9.17) is 20.1 Å². The zero-order chi connectivity index (χ0) is 10.9. The van der Waals surface area contributed by atoms with Gasteiger partial charge in [-0.2, -0.15) is 0 Å². The van der Waals surface area contributed by atoms with Crippen LogP contribution in [-0.4, -0.2) is 40.9 Å². The lowest BCUT2D eigenvalue weighted by Gasteiger charge is -2.15. The average molecular weight is 213 g/mol. The molecule has 0 bridgehead atoms. The van der Waals surface area contributed by atoms with Crippen molar-refractivity contribution in [2.24, 2.45) is 11.2 Å². The summed E-state index contributed by atoms with van der Waals surface area (Å²) >= 11 is 0. The topological polar surface area (TPSA) is 113 Å². The zero-order valence-corrected chi connectivity index (χ0v) is 9.07. The fourth-order valence-corrected chi connectivity index (χ4v) is 0.722. The van der Waals surface area contributed by atoms with Gasteiger partial charge in [-0.05, 0) is 13.1 Å². The lowest BCUT2D eigenvalue weighted by atomic mass is 10.5. The van der Waals surface area contributed by atoms with Crippen molar-refractivity contribution in [1.82, 2.24) is 4.90 Å². The molecule has 0 aliphatic heterocycles. The van der Waals surface area contributed by atoms with Crippen molar-refractivity contribution in [3.05, 3.63) is 0 Å². The summed E-state index contributed by atoms with van der Waals surface area (Å²) in [5, 5.41) is 0. The summed E-state index contributed by atoms with van der Waals surface area (Å²) in [4.78, 5) is 17.1. The Hall–Kier alpha value is 0.0300. The molecule has 0 radical (unpaired) electrons. The zero-order valence-electron chi connectivity index (χ0n) is 8.18. The van der Waals surface area contributed by atoms with Gasteiger partial charge in [-0.3, -0.25) is 0 Å². The lowest BCUT2D eigenvalue weighted by molar-refractivity contribution is 0.312. The highest BCUT2D eigenvalue weighted by molar-refractivity contribution is 7.49. The summed E-state index contributed by atoms with van der Waals surface area (Å²) in [7, 11) is -4.14. The van der Waals surface area contributed by atoms with Crippen LogP contribution in [0.5, 0.6) is 0 Å². The Bertz CT molecular complexity index is 138. The standard InChI is InChI=1S/C6H16N2.H4NO3P/c1-3-8(4-2)6-5-7;1-5(2,3)4/h3-7H2,1-2H3;(H4,1,2,3,4). The molecule has 0 amide bonds. The lowest BCUT2D eigenvalue weighted by Crippen LogP contribution is -2.28. The van der Waals surface area contributed by atoms with Gasteiger partial charge >= 0.3 is 7.75 Å². The molecule has 0 saturated carbocycles. The fraction of sp³-hybridized carbons (Fsp3) is 1.00. The van der Waals surface area contributed by atoms with E-state index in [0.29, 0.717) is 0 Å². The summed E-state index contributed by atoms with van der Waals surface area (Å²) in [5.74, 6) is 0. The molecule has 6 nitrogen and oxygen atoms in total. The number of rotatable bonds is 4. The molecule has 0 aromatic carbocycles. The van der Waals surface area contributed by atoms with E-state index >= 15 is 0 Å². The van der Waals surface area contributed by atoms with Crippen LogP contribution in [0.1, 0.15) is 13.8 Å². The smallest absolute Gasteiger partial charge is 0.329 e. The first kappa shape index (κ1) is 15.5. The summed E-state index contributed by atoms with van der Waals surface area (Å²) < 4.78 is 9.10. The first-order chi connectivity index (χ1) is 5.85. The van der Waals surface area contributed by atoms with Crippen LogP contribution >= 0.6 is 7.75 Å². The molecule has 7 heteroatoms. The van der Waals surface area contributed by atoms with Gasteiger partial charge in [0.25, 0.3) is 0 Å². The Kier molecular flexibility index (Phi) is 10.3. The van der Waals surface area contributed by atoms with Gasteiger partial charge in [0.1, 0.15) is 0 Å². The van der Waals surface area contributed by atoms with Crippen molar-refractivity contribution < 1.29 is 14.4 Å². The monoisotopic (exact) mass is 213 g/mol. The minimum atomic E-state index is -4.14. The van der Waals surface area contributed by atoms with Gasteiger partial charge in [0, 0.05) is 13.1 Å². The van der Waals surface area contributed by atoms with E-state index in [0.717, 1.165) is 26.2 Å². The Labute approximate surface area is 79.1 Å². The predicted molar refractivity (Wildman–Crippen MR) is 53.1 cm³/mol. The van der Waals surface area contributed by atoms with E-state index in [2.05, 4.69) is 24.3 Å². The summed E-state index contributed by atoms with van der Waals surface area (Å²) in [6.07, 6.45) is 0. The van der Waals surface area contributed by atoms with E-state index in [1.807, 2.05) is 0 Å². The molecule has 0 saturated heterocycles. The van der Waals surface area contributed by atoms with Crippen LogP contribution in [-0.2, 0) is 4.57 Å². The normalized spacial score (nSPS) is 11.0. The van der Waals surface area contributed by atoms with Crippen molar-refractivity contribution >= 4 is 7.75 Å². The summed E-state index contributed by atoms with van der Waals surface area (Å²) in [5.41, 5.74) is 9.36. The third kappa shape index (κ3) is 24.5. The van der Waals surface area contributed by atoms with Crippen molar-refractivity contribution in [3.8, 4) is 0 Å².